The van der Waals surface area contributed by atoms with Crippen molar-refractivity contribution in [1.29, 1.82) is 0 Å². The van der Waals surface area contributed by atoms with Crippen LogP contribution >= 0.6 is 0 Å². The van der Waals surface area contributed by atoms with E-state index in [0.717, 1.165) is 70.4 Å². The zero-order chi connectivity index (χ0) is 23.8. The summed E-state index contributed by atoms with van der Waals surface area (Å²) in [6.07, 6.45) is 5.70. The maximum Gasteiger partial charge on any atom is 0.320 e. The highest BCUT2D eigenvalue weighted by atomic mass is 16.5. The molecule has 2 aromatic rings. The Kier molecular flexibility index (Phi) is 8.89. The summed E-state index contributed by atoms with van der Waals surface area (Å²) in [6.45, 7) is 7.56. The molecule has 0 radical (unpaired) electrons. The molecule has 1 saturated heterocycles. The van der Waals surface area contributed by atoms with Gasteiger partial charge in [-0.2, -0.15) is 0 Å². The standard InChI is InChI=1S/C29H38N2O3/c1-2-34-29(33)22-31-16-12-23(13-17-31)8-11-28(32)27-10-9-25-14-18-30(19-15-26(25)20-27)21-24-6-4-3-5-7-24/h3-7,9-10,20,23H,2,8,11-19,21-22H2,1H3. The summed E-state index contributed by atoms with van der Waals surface area (Å²) >= 11 is 0. The number of benzene rings is 2. The molecule has 5 heteroatoms. The van der Waals surface area contributed by atoms with Crippen molar-refractivity contribution in [3.63, 3.8) is 0 Å². The van der Waals surface area contributed by atoms with Crippen LogP contribution in [0.3, 0.4) is 0 Å². The van der Waals surface area contributed by atoms with Gasteiger partial charge in [0.25, 0.3) is 0 Å². The molecule has 2 heterocycles. The van der Waals surface area contributed by atoms with Crippen LogP contribution in [-0.4, -0.2) is 60.9 Å². The van der Waals surface area contributed by atoms with Crippen LogP contribution in [-0.2, 0) is 28.9 Å². The predicted molar refractivity (Wildman–Crippen MR) is 135 cm³/mol. The molecule has 0 atom stereocenters. The minimum Gasteiger partial charge on any atom is -0.465 e. The van der Waals surface area contributed by atoms with Gasteiger partial charge in [0.05, 0.1) is 13.2 Å². The molecule has 0 unspecified atom stereocenters. The number of esters is 1. The Balaban J connectivity index is 1.24. The zero-order valence-electron chi connectivity index (χ0n) is 20.5. The van der Waals surface area contributed by atoms with E-state index in [1.54, 1.807) is 0 Å². The summed E-state index contributed by atoms with van der Waals surface area (Å²) in [5.41, 5.74) is 4.96. The van der Waals surface area contributed by atoms with Gasteiger partial charge < -0.3 is 4.74 Å². The van der Waals surface area contributed by atoms with Crippen LogP contribution in [0.4, 0.5) is 0 Å². The van der Waals surface area contributed by atoms with Gasteiger partial charge in [0, 0.05) is 31.6 Å². The number of rotatable bonds is 9. The second-order valence-electron chi connectivity index (χ2n) is 9.73. The number of Topliss-reactive ketones (excluding diaryl/α,β-unsaturated/α-hetero) is 1. The predicted octanol–water partition coefficient (Wildman–Crippen LogP) is 4.53. The first-order valence-corrected chi connectivity index (χ1v) is 12.9. The lowest BCUT2D eigenvalue weighted by Crippen LogP contribution is -2.38. The Hall–Kier alpha value is -2.50. The van der Waals surface area contributed by atoms with Gasteiger partial charge >= 0.3 is 5.97 Å². The molecule has 0 bridgehead atoms. The van der Waals surface area contributed by atoms with Gasteiger partial charge in [-0.1, -0.05) is 42.5 Å². The summed E-state index contributed by atoms with van der Waals surface area (Å²) in [5.74, 6) is 0.694. The molecule has 0 N–H and O–H groups in total. The first-order valence-electron chi connectivity index (χ1n) is 12.9. The second kappa shape index (κ2) is 12.3. The molecule has 0 saturated carbocycles. The van der Waals surface area contributed by atoms with Crippen LogP contribution in [0.15, 0.2) is 48.5 Å². The van der Waals surface area contributed by atoms with Crippen LogP contribution in [0.5, 0.6) is 0 Å². The summed E-state index contributed by atoms with van der Waals surface area (Å²) in [5, 5.41) is 0. The molecule has 4 rings (SSSR count). The van der Waals surface area contributed by atoms with Gasteiger partial charge in [0.1, 0.15) is 0 Å². The number of fused-ring (bicyclic) bond motifs is 1. The average Bonchev–Trinajstić information content (AvgIpc) is 3.06. The number of ether oxygens (including phenoxy) is 1. The number of likely N-dealkylation sites (tertiary alicyclic amines) is 1. The number of hydrogen-bond acceptors (Lipinski definition) is 5. The highest BCUT2D eigenvalue weighted by Crippen LogP contribution is 2.24. The smallest absolute Gasteiger partial charge is 0.320 e. The van der Waals surface area contributed by atoms with E-state index in [4.69, 9.17) is 4.74 Å². The highest BCUT2D eigenvalue weighted by Gasteiger charge is 2.22. The SMILES string of the molecule is CCOC(=O)CN1CCC(CCC(=O)c2ccc3c(c2)CCN(Cc2ccccc2)CC3)CC1. The fourth-order valence-corrected chi connectivity index (χ4v) is 5.25. The lowest BCUT2D eigenvalue weighted by molar-refractivity contribution is -0.144. The Morgan fingerprint density at radius 1 is 0.912 bits per heavy atom. The maximum atomic E-state index is 13.0. The van der Waals surface area contributed by atoms with Gasteiger partial charge in [-0.05, 0) is 80.8 Å². The van der Waals surface area contributed by atoms with E-state index in [9.17, 15) is 9.59 Å². The topological polar surface area (TPSA) is 49.9 Å². The van der Waals surface area contributed by atoms with Crippen LogP contribution in [0.1, 0.15) is 59.7 Å². The number of carbonyl (C=O) groups excluding carboxylic acids is 2. The van der Waals surface area contributed by atoms with E-state index in [0.29, 0.717) is 25.5 Å². The van der Waals surface area contributed by atoms with Crippen LogP contribution in [0.2, 0.25) is 0 Å². The fourth-order valence-electron chi connectivity index (χ4n) is 5.25. The first-order chi connectivity index (χ1) is 16.6. The normalized spacial score (nSPS) is 17.7. The first kappa shape index (κ1) is 24.6. The molecular weight excluding hydrogens is 424 g/mol. The number of carbonyl (C=O) groups is 2. The Morgan fingerprint density at radius 3 is 2.38 bits per heavy atom. The third kappa shape index (κ3) is 7.00. The molecule has 0 amide bonds. The lowest BCUT2D eigenvalue weighted by atomic mass is 9.89. The lowest BCUT2D eigenvalue weighted by Gasteiger charge is -2.31. The molecule has 2 aliphatic heterocycles. The van der Waals surface area contributed by atoms with E-state index < -0.39 is 0 Å². The highest BCUT2D eigenvalue weighted by molar-refractivity contribution is 5.96. The molecule has 1 fully saturated rings. The number of nitrogens with zero attached hydrogens (tertiary/aromatic N) is 2. The molecule has 2 aromatic carbocycles. The van der Waals surface area contributed by atoms with Crippen molar-refractivity contribution in [3.05, 3.63) is 70.8 Å². The van der Waals surface area contributed by atoms with Crippen molar-refractivity contribution < 1.29 is 14.3 Å². The molecule has 0 aliphatic carbocycles. The Bertz CT molecular complexity index is 951. The monoisotopic (exact) mass is 462 g/mol. The zero-order valence-corrected chi connectivity index (χ0v) is 20.5. The maximum absolute atomic E-state index is 13.0. The third-order valence-electron chi connectivity index (χ3n) is 7.32. The van der Waals surface area contributed by atoms with Gasteiger partial charge in [-0.3, -0.25) is 19.4 Å². The molecule has 0 aromatic heterocycles. The van der Waals surface area contributed by atoms with Crippen LogP contribution < -0.4 is 0 Å². The number of hydrogen-bond donors (Lipinski definition) is 0. The van der Waals surface area contributed by atoms with Gasteiger partial charge in [-0.25, -0.2) is 0 Å². The van der Waals surface area contributed by atoms with Gasteiger partial charge in [0.15, 0.2) is 5.78 Å². The molecule has 182 valence electrons. The third-order valence-corrected chi connectivity index (χ3v) is 7.32. The van der Waals surface area contributed by atoms with Crippen molar-refractivity contribution in [2.24, 2.45) is 5.92 Å². The van der Waals surface area contributed by atoms with Crippen molar-refractivity contribution in [3.8, 4) is 0 Å². The molecule has 0 spiro atoms. The largest absolute Gasteiger partial charge is 0.465 e. The van der Waals surface area contributed by atoms with E-state index in [1.165, 1.54) is 16.7 Å². The van der Waals surface area contributed by atoms with Crippen LogP contribution in [0, 0.1) is 5.92 Å². The van der Waals surface area contributed by atoms with Crippen LogP contribution in [0.25, 0.3) is 0 Å². The van der Waals surface area contributed by atoms with Gasteiger partial charge in [0.2, 0.25) is 0 Å². The van der Waals surface area contributed by atoms with Crippen molar-refractivity contribution >= 4 is 11.8 Å². The Morgan fingerprint density at radius 2 is 1.65 bits per heavy atom. The summed E-state index contributed by atoms with van der Waals surface area (Å²) in [7, 11) is 0. The number of ketones is 1. The van der Waals surface area contributed by atoms with E-state index >= 15 is 0 Å². The Labute approximate surface area is 204 Å². The van der Waals surface area contributed by atoms with E-state index in [1.807, 2.05) is 13.0 Å². The fraction of sp³-hybridized carbons (Fsp3) is 0.517. The summed E-state index contributed by atoms with van der Waals surface area (Å²) in [6, 6.07) is 17.0. The van der Waals surface area contributed by atoms with Gasteiger partial charge in [-0.15, -0.1) is 0 Å². The van der Waals surface area contributed by atoms with Crippen molar-refractivity contribution in [2.45, 2.75) is 52.0 Å². The average molecular weight is 463 g/mol. The second-order valence-corrected chi connectivity index (χ2v) is 9.73. The van der Waals surface area contributed by atoms with Crippen molar-refractivity contribution in [2.75, 3.05) is 39.3 Å². The molecule has 2 aliphatic rings. The van der Waals surface area contributed by atoms with E-state index in [-0.39, 0.29) is 11.8 Å². The van der Waals surface area contributed by atoms with Crippen molar-refractivity contribution in [1.82, 2.24) is 9.80 Å². The molecular formula is C29H38N2O3. The van der Waals surface area contributed by atoms with E-state index in [2.05, 4.69) is 52.3 Å². The minimum absolute atomic E-state index is 0.137. The molecule has 5 nitrogen and oxygen atoms in total. The summed E-state index contributed by atoms with van der Waals surface area (Å²) < 4.78 is 5.05. The minimum atomic E-state index is -0.137. The summed E-state index contributed by atoms with van der Waals surface area (Å²) in [4.78, 5) is 29.3. The molecule has 34 heavy (non-hydrogen) atoms. The number of piperidine rings is 1. The quantitative estimate of drug-likeness (QED) is 0.405.